The lowest BCUT2D eigenvalue weighted by Crippen LogP contribution is -2.41. The minimum atomic E-state index is -5.02. The Kier molecular flexibility index (Phi) is 5.08. The number of alkyl halides is 9. The third-order valence-corrected chi connectivity index (χ3v) is 3.46. The predicted octanol–water partition coefficient (Wildman–Crippen LogP) is 4.57. The second kappa shape index (κ2) is 6.54. The zero-order valence-electron chi connectivity index (χ0n) is 12.6. The molecule has 12 heteroatoms. The third kappa shape index (κ3) is 5.18. The molecule has 1 aliphatic rings. The summed E-state index contributed by atoms with van der Waals surface area (Å²) in [6.45, 7) is -4.02. The maximum atomic E-state index is 13.1. The maximum absolute atomic E-state index is 13.1. The lowest BCUT2D eigenvalue weighted by molar-refractivity contribution is -0.165. The lowest BCUT2D eigenvalue weighted by atomic mass is 9.91. The Labute approximate surface area is 140 Å². The van der Waals surface area contributed by atoms with Gasteiger partial charge in [0.25, 0.3) is 0 Å². The van der Waals surface area contributed by atoms with Crippen LogP contribution in [0.15, 0.2) is 18.2 Å². The predicted molar refractivity (Wildman–Crippen MR) is 69.8 cm³/mol. The fourth-order valence-electron chi connectivity index (χ4n) is 2.50. The van der Waals surface area contributed by atoms with Gasteiger partial charge in [0.2, 0.25) is 0 Å². The van der Waals surface area contributed by atoms with E-state index in [4.69, 9.17) is 0 Å². The van der Waals surface area contributed by atoms with E-state index < -0.39 is 66.9 Å². The van der Waals surface area contributed by atoms with Crippen molar-refractivity contribution >= 4 is 11.7 Å². The Hall–Kier alpha value is -2.14. The molecule has 3 nitrogen and oxygen atoms in total. The number of rotatable bonds is 3. The molecule has 0 fully saturated rings. The summed E-state index contributed by atoms with van der Waals surface area (Å²) in [7, 11) is 0. The molecule has 1 aromatic rings. The van der Waals surface area contributed by atoms with Gasteiger partial charge < -0.3 is 9.64 Å². The highest BCUT2D eigenvalue weighted by Gasteiger charge is 2.47. The van der Waals surface area contributed by atoms with Crippen LogP contribution in [0.5, 0.6) is 5.75 Å². The van der Waals surface area contributed by atoms with Crippen LogP contribution in [0, 0.1) is 0 Å². The van der Waals surface area contributed by atoms with Gasteiger partial charge >= 0.3 is 24.5 Å². The summed E-state index contributed by atoms with van der Waals surface area (Å²) in [5.41, 5.74) is -1.41. The first kappa shape index (κ1) is 20.2. The Morgan fingerprint density at radius 2 is 1.50 bits per heavy atom. The van der Waals surface area contributed by atoms with E-state index >= 15 is 0 Å². The van der Waals surface area contributed by atoms with E-state index in [-0.39, 0.29) is 4.90 Å². The molecular formula is C14H10F9NO2. The van der Waals surface area contributed by atoms with Crippen LogP contribution in [-0.4, -0.2) is 37.6 Å². The van der Waals surface area contributed by atoms with Crippen LogP contribution in [0.2, 0.25) is 0 Å². The van der Waals surface area contributed by atoms with Gasteiger partial charge in [-0.3, -0.25) is 4.79 Å². The molecule has 146 valence electrons. The van der Waals surface area contributed by atoms with E-state index in [1.165, 1.54) is 0 Å². The molecule has 1 unspecified atom stereocenters. The van der Waals surface area contributed by atoms with E-state index in [0.717, 1.165) is 12.1 Å². The highest BCUT2D eigenvalue weighted by atomic mass is 19.4. The van der Waals surface area contributed by atoms with Crippen LogP contribution in [0.25, 0.3) is 0 Å². The number of hydrogen-bond acceptors (Lipinski definition) is 3. The van der Waals surface area contributed by atoms with Crippen molar-refractivity contribution in [2.24, 2.45) is 0 Å². The van der Waals surface area contributed by atoms with Gasteiger partial charge in [-0.15, -0.1) is 0 Å². The average molecular weight is 395 g/mol. The molecule has 26 heavy (non-hydrogen) atoms. The van der Waals surface area contributed by atoms with Crippen molar-refractivity contribution in [1.82, 2.24) is 0 Å². The van der Waals surface area contributed by atoms with Gasteiger partial charge in [0.1, 0.15) is 18.8 Å². The summed E-state index contributed by atoms with van der Waals surface area (Å²) < 4.78 is 119. The topological polar surface area (TPSA) is 29.5 Å². The van der Waals surface area contributed by atoms with Gasteiger partial charge in [-0.05, 0) is 18.2 Å². The number of carbonyl (C=O) groups is 1. The summed E-state index contributed by atoms with van der Waals surface area (Å²) in [6, 6.07) is 2.03. The highest BCUT2D eigenvalue weighted by molar-refractivity contribution is 5.77. The summed E-state index contributed by atoms with van der Waals surface area (Å²) in [4.78, 5) is 11.1. The standard InChI is InChI=1S/C14H10F9NO2/c15-12(16,17)5-24(6-13(18,19)20)7-1-2-10-8(3-7)9(14(21,22)23)4-11(25)26-10/h1-3,9H,4-6H2. The summed E-state index contributed by atoms with van der Waals surface area (Å²) in [5.74, 6) is -4.13. The molecule has 0 aliphatic carbocycles. The van der Waals surface area contributed by atoms with Crippen molar-refractivity contribution in [3.63, 3.8) is 0 Å². The Morgan fingerprint density at radius 3 is 1.96 bits per heavy atom. The van der Waals surface area contributed by atoms with Gasteiger partial charge in [-0.25, -0.2) is 0 Å². The van der Waals surface area contributed by atoms with Gasteiger partial charge in [0.15, 0.2) is 0 Å². The van der Waals surface area contributed by atoms with Crippen molar-refractivity contribution in [2.45, 2.75) is 30.9 Å². The summed E-state index contributed by atoms with van der Waals surface area (Å²) >= 11 is 0. The van der Waals surface area contributed by atoms with E-state index in [2.05, 4.69) is 4.74 Å². The minimum Gasteiger partial charge on any atom is -0.426 e. The zero-order valence-corrected chi connectivity index (χ0v) is 12.6. The number of nitrogens with zero attached hydrogens (tertiary/aromatic N) is 1. The molecule has 1 atom stereocenters. The Bertz CT molecular complexity index is 662. The van der Waals surface area contributed by atoms with Crippen LogP contribution < -0.4 is 9.64 Å². The molecule has 0 saturated carbocycles. The summed E-state index contributed by atoms with van der Waals surface area (Å²) in [6.07, 6.45) is -16.1. The molecule has 2 rings (SSSR count). The number of esters is 1. The second-order valence-corrected chi connectivity index (χ2v) is 5.58. The first-order valence-electron chi connectivity index (χ1n) is 6.95. The van der Waals surface area contributed by atoms with Gasteiger partial charge in [-0.2, -0.15) is 39.5 Å². The van der Waals surface area contributed by atoms with E-state index in [1.807, 2.05) is 0 Å². The number of carbonyl (C=O) groups excluding carboxylic acids is 1. The van der Waals surface area contributed by atoms with Crippen molar-refractivity contribution in [3.05, 3.63) is 23.8 Å². The molecule has 1 heterocycles. The maximum Gasteiger partial charge on any atom is 0.405 e. The molecule has 0 bridgehead atoms. The normalized spacial score (nSPS) is 18.3. The van der Waals surface area contributed by atoms with Gasteiger partial charge in [-0.1, -0.05) is 0 Å². The van der Waals surface area contributed by atoms with Crippen LogP contribution in [0.1, 0.15) is 17.9 Å². The van der Waals surface area contributed by atoms with Crippen LogP contribution in [-0.2, 0) is 4.79 Å². The monoisotopic (exact) mass is 395 g/mol. The third-order valence-electron chi connectivity index (χ3n) is 3.46. The van der Waals surface area contributed by atoms with Crippen molar-refractivity contribution in [2.75, 3.05) is 18.0 Å². The van der Waals surface area contributed by atoms with Gasteiger partial charge in [0.05, 0.1) is 12.3 Å². The van der Waals surface area contributed by atoms with E-state index in [1.54, 1.807) is 0 Å². The van der Waals surface area contributed by atoms with Crippen molar-refractivity contribution in [3.8, 4) is 5.75 Å². The number of anilines is 1. The highest BCUT2D eigenvalue weighted by Crippen LogP contribution is 2.45. The first-order chi connectivity index (χ1) is 11.7. The van der Waals surface area contributed by atoms with E-state index in [0.29, 0.717) is 6.07 Å². The van der Waals surface area contributed by atoms with E-state index in [9.17, 15) is 44.3 Å². The van der Waals surface area contributed by atoms with Crippen LogP contribution >= 0.6 is 0 Å². The molecule has 0 spiro atoms. The minimum absolute atomic E-state index is 0.135. The van der Waals surface area contributed by atoms with Crippen LogP contribution in [0.4, 0.5) is 45.2 Å². The molecule has 0 aromatic heterocycles. The number of fused-ring (bicyclic) bond motifs is 1. The van der Waals surface area contributed by atoms with Gasteiger partial charge in [0, 0.05) is 11.3 Å². The first-order valence-corrected chi connectivity index (χ1v) is 6.95. The number of ether oxygens (including phenoxy) is 1. The number of halogens is 9. The lowest BCUT2D eigenvalue weighted by Gasteiger charge is -2.30. The fraction of sp³-hybridized carbons (Fsp3) is 0.500. The zero-order chi connectivity index (χ0) is 19.9. The SMILES string of the molecule is O=C1CC(C(F)(F)F)c2cc(N(CC(F)(F)F)CC(F)(F)F)ccc2O1. The smallest absolute Gasteiger partial charge is 0.405 e. The fourth-order valence-corrected chi connectivity index (χ4v) is 2.50. The molecule has 0 saturated heterocycles. The number of hydrogen-bond donors (Lipinski definition) is 0. The van der Waals surface area contributed by atoms with Crippen LogP contribution in [0.3, 0.4) is 0 Å². The molecule has 1 aromatic carbocycles. The van der Waals surface area contributed by atoms with Crippen molar-refractivity contribution in [1.29, 1.82) is 0 Å². The molecule has 0 amide bonds. The average Bonchev–Trinajstić information content (AvgIpc) is 2.41. The Morgan fingerprint density at radius 1 is 0.962 bits per heavy atom. The summed E-state index contributed by atoms with van der Waals surface area (Å²) in [5, 5.41) is 0. The molecular weight excluding hydrogens is 385 g/mol. The number of benzene rings is 1. The largest absolute Gasteiger partial charge is 0.426 e. The quantitative estimate of drug-likeness (QED) is 0.427. The molecule has 0 N–H and O–H groups in total. The molecule has 1 aliphatic heterocycles. The van der Waals surface area contributed by atoms with Crippen molar-refractivity contribution < 1.29 is 49.0 Å². The second-order valence-electron chi connectivity index (χ2n) is 5.58. The molecule has 0 radical (unpaired) electrons. The Balaban J connectivity index is 2.47.